The van der Waals surface area contributed by atoms with Crippen molar-refractivity contribution in [2.45, 2.75) is 0 Å². The number of nitrogens with zero attached hydrogens (tertiary/aromatic N) is 3. The minimum Gasteiger partial charge on any atom is -0.258 e. The van der Waals surface area contributed by atoms with Gasteiger partial charge in [0.1, 0.15) is 0 Å². The Balaban J connectivity index is 3.59. The maximum absolute atomic E-state index is 10.4. The molecule has 0 bridgehead atoms. The van der Waals surface area contributed by atoms with E-state index in [1.54, 1.807) is 0 Å². The molecule has 0 saturated heterocycles. The van der Waals surface area contributed by atoms with Crippen LogP contribution in [0.15, 0.2) is 3.79 Å². The van der Waals surface area contributed by atoms with Gasteiger partial charge in [-0.25, -0.2) is 0 Å². The zero-order valence-electron chi connectivity index (χ0n) is 6.58. The summed E-state index contributed by atoms with van der Waals surface area (Å²) in [4.78, 5) is 28.1. The SMILES string of the molecule is O=[N+]([O-])c1sc(Br)c([N+](=O)[O-])c1[N+](=O)[O-]. The molecular weight excluding hydrogens is 298 g/mol. The van der Waals surface area contributed by atoms with Crippen molar-refractivity contribution in [3.8, 4) is 0 Å². The van der Waals surface area contributed by atoms with Gasteiger partial charge in [-0.3, -0.25) is 30.3 Å². The molecule has 0 aromatic carbocycles. The van der Waals surface area contributed by atoms with Gasteiger partial charge in [0.05, 0.1) is 14.8 Å². The number of hydrogen-bond donors (Lipinski definition) is 0. The Morgan fingerprint density at radius 3 is 1.73 bits per heavy atom. The van der Waals surface area contributed by atoms with E-state index in [1.165, 1.54) is 0 Å². The highest BCUT2D eigenvalue weighted by Gasteiger charge is 2.42. The lowest BCUT2D eigenvalue weighted by atomic mass is 10.4. The lowest BCUT2D eigenvalue weighted by molar-refractivity contribution is -0.438. The summed E-state index contributed by atoms with van der Waals surface area (Å²) < 4.78 is -0.245. The van der Waals surface area contributed by atoms with Crippen LogP contribution in [0.1, 0.15) is 0 Å². The van der Waals surface area contributed by atoms with E-state index in [4.69, 9.17) is 0 Å². The van der Waals surface area contributed by atoms with E-state index in [-0.39, 0.29) is 3.79 Å². The van der Waals surface area contributed by atoms with Crippen molar-refractivity contribution in [3.05, 3.63) is 34.1 Å². The fourth-order valence-corrected chi connectivity index (χ4v) is 2.40. The van der Waals surface area contributed by atoms with Crippen molar-refractivity contribution in [1.29, 1.82) is 0 Å². The average molecular weight is 298 g/mol. The van der Waals surface area contributed by atoms with Crippen LogP contribution in [0.25, 0.3) is 0 Å². The molecule has 0 aliphatic rings. The first kappa shape index (κ1) is 11.5. The second-order valence-electron chi connectivity index (χ2n) is 2.15. The minimum absolute atomic E-state index is 0.245. The maximum atomic E-state index is 10.4. The predicted molar refractivity (Wildman–Crippen MR) is 52.0 cm³/mol. The Labute approximate surface area is 92.9 Å². The highest BCUT2D eigenvalue weighted by atomic mass is 79.9. The summed E-state index contributed by atoms with van der Waals surface area (Å²) in [5.41, 5.74) is -1.99. The maximum Gasteiger partial charge on any atom is 0.435 e. The smallest absolute Gasteiger partial charge is 0.258 e. The van der Waals surface area contributed by atoms with E-state index in [0.717, 1.165) is 0 Å². The van der Waals surface area contributed by atoms with E-state index in [2.05, 4.69) is 15.9 Å². The zero-order chi connectivity index (χ0) is 11.7. The third-order valence-corrected chi connectivity index (χ3v) is 3.10. The topological polar surface area (TPSA) is 129 Å². The molecule has 1 aromatic rings. The van der Waals surface area contributed by atoms with Gasteiger partial charge in [0, 0.05) is 0 Å². The normalized spacial score (nSPS) is 9.93. The molecule has 15 heavy (non-hydrogen) atoms. The molecule has 0 aliphatic heterocycles. The van der Waals surface area contributed by atoms with E-state index in [1.807, 2.05) is 0 Å². The number of thiophene rings is 1. The van der Waals surface area contributed by atoms with Crippen LogP contribution < -0.4 is 0 Å². The lowest BCUT2D eigenvalue weighted by Crippen LogP contribution is -1.96. The molecule has 80 valence electrons. The van der Waals surface area contributed by atoms with Gasteiger partial charge in [0.15, 0.2) is 3.79 Å². The van der Waals surface area contributed by atoms with Gasteiger partial charge < -0.3 is 0 Å². The van der Waals surface area contributed by atoms with Crippen molar-refractivity contribution in [3.63, 3.8) is 0 Å². The monoisotopic (exact) mass is 297 g/mol. The Kier molecular flexibility index (Phi) is 2.95. The van der Waals surface area contributed by atoms with E-state index < -0.39 is 31.1 Å². The Bertz CT molecular complexity index is 469. The Hall–Kier alpha value is -1.62. The fraction of sp³-hybridized carbons (Fsp3) is 0. The van der Waals surface area contributed by atoms with E-state index in [9.17, 15) is 30.3 Å². The average Bonchev–Trinajstić information content (AvgIpc) is 2.42. The molecule has 1 heterocycles. The van der Waals surface area contributed by atoms with Gasteiger partial charge in [-0.05, 0) is 27.3 Å². The van der Waals surface area contributed by atoms with E-state index >= 15 is 0 Å². The molecule has 9 nitrogen and oxygen atoms in total. The van der Waals surface area contributed by atoms with Crippen LogP contribution in [-0.2, 0) is 0 Å². The summed E-state index contributed by atoms with van der Waals surface area (Å²) >= 11 is 3.01. The first-order chi connectivity index (χ1) is 6.86. The number of rotatable bonds is 3. The molecule has 1 rings (SSSR count). The number of hydrogen-bond acceptors (Lipinski definition) is 7. The molecule has 0 saturated carbocycles. The standard InChI is InChI=1S/C4BrN3O6S/c5-3-1(6(9)10)2(7(11)12)4(15-3)8(13)14. The second-order valence-corrected chi connectivity index (χ2v) is 4.47. The quantitative estimate of drug-likeness (QED) is 0.621. The molecule has 0 radical (unpaired) electrons. The van der Waals surface area contributed by atoms with Gasteiger partial charge >= 0.3 is 16.4 Å². The highest BCUT2D eigenvalue weighted by molar-refractivity contribution is 9.11. The third-order valence-electron chi connectivity index (χ3n) is 1.33. The molecule has 0 spiro atoms. The van der Waals surface area contributed by atoms with Crippen molar-refractivity contribution < 1.29 is 14.8 Å². The minimum atomic E-state index is -1.14. The molecule has 0 aliphatic carbocycles. The summed E-state index contributed by atoms with van der Waals surface area (Å²) in [5.74, 6) is 0. The Morgan fingerprint density at radius 2 is 1.40 bits per heavy atom. The van der Waals surface area contributed by atoms with Crippen LogP contribution in [0, 0.1) is 30.3 Å². The van der Waals surface area contributed by atoms with Gasteiger partial charge in [0.25, 0.3) is 0 Å². The van der Waals surface area contributed by atoms with Gasteiger partial charge in [-0.1, -0.05) is 0 Å². The first-order valence-electron chi connectivity index (χ1n) is 3.11. The summed E-state index contributed by atoms with van der Waals surface area (Å²) in [6.07, 6.45) is 0. The molecule has 0 unspecified atom stereocenters. The predicted octanol–water partition coefficient (Wildman–Crippen LogP) is 2.24. The van der Waals surface area contributed by atoms with E-state index in [0.29, 0.717) is 11.3 Å². The molecule has 1 aromatic heterocycles. The molecular formula is C4BrN3O6S. The van der Waals surface area contributed by atoms with Crippen LogP contribution in [-0.4, -0.2) is 14.8 Å². The molecule has 11 heteroatoms. The number of nitro groups is 3. The summed E-state index contributed by atoms with van der Waals surface area (Å²) in [6.45, 7) is 0. The molecule has 0 N–H and O–H groups in total. The summed E-state index contributed by atoms with van der Waals surface area (Å²) in [5, 5.41) is 30.4. The largest absolute Gasteiger partial charge is 0.435 e. The molecule has 0 amide bonds. The van der Waals surface area contributed by atoms with Gasteiger partial charge in [-0.2, -0.15) is 0 Å². The lowest BCUT2D eigenvalue weighted by Gasteiger charge is -1.87. The fourth-order valence-electron chi connectivity index (χ4n) is 0.822. The van der Waals surface area contributed by atoms with Crippen molar-refractivity contribution in [2.75, 3.05) is 0 Å². The van der Waals surface area contributed by atoms with Crippen molar-refractivity contribution in [2.24, 2.45) is 0 Å². The van der Waals surface area contributed by atoms with Crippen LogP contribution in [0.2, 0.25) is 0 Å². The summed E-state index contributed by atoms with van der Waals surface area (Å²) in [6, 6.07) is 0. The zero-order valence-corrected chi connectivity index (χ0v) is 8.98. The van der Waals surface area contributed by atoms with Crippen LogP contribution in [0.5, 0.6) is 0 Å². The highest BCUT2D eigenvalue weighted by Crippen LogP contribution is 2.48. The van der Waals surface area contributed by atoms with Crippen LogP contribution >= 0.6 is 27.3 Å². The second kappa shape index (κ2) is 3.86. The molecule has 0 atom stereocenters. The van der Waals surface area contributed by atoms with Crippen molar-refractivity contribution in [1.82, 2.24) is 0 Å². The van der Waals surface area contributed by atoms with Crippen LogP contribution in [0.3, 0.4) is 0 Å². The van der Waals surface area contributed by atoms with Crippen molar-refractivity contribution >= 4 is 43.6 Å². The van der Waals surface area contributed by atoms with Gasteiger partial charge in [-0.15, -0.1) is 0 Å². The van der Waals surface area contributed by atoms with Gasteiger partial charge in [0.2, 0.25) is 0 Å². The first-order valence-corrected chi connectivity index (χ1v) is 4.72. The summed E-state index contributed by atoms with van der Waals surface area (Å²) in [7, 11) is 0. The number of halogens is 1. The van der Waals surface area contributed by atoms with Crippen LogP contribution in [0.4, 0.5) is 16.4 Å². The third kappa shape index (κ3) is 1.92. The Morgan fingerprint density at radius 1 is 0.933 bits per heavy atom. The molecule has 0 fully saturated rings.